The lowest BCUT2D eigenvalue weighted by Crippen LogP contribution is -2.44. The van der Waals surface area contributed by atoms with Crippen LogP contribution in [0.3, 0.4) is 0 Å². The molecule has 120 valence electrons. The molecular weight excluding hydrogens is 299 g/mol. The molecule has 1 aliphatic rings. The van der Waals surface area contributed by atoms with Gasteiger partial charge >= 0.3 is 12.1 Å². The number of piperazine rings is 1. The maximum atomic E-state index is 13.2. The van der Waals surface area contributed by atoms with Crippen molar-refractivity contribution in [2.45, 2.75) is 12.7 Å². The summed E-state index contributed by atoms with van der Waals surface area (Å²) in [6.07, 6.45) is -4.58. The number of nitrogens with zero attached hydrogens (tertiary/aromatic N) is 3. The van der Waals surface area contributed by atoms with Crippen molar-refractivity contribution in [2.24, 2.45) is 5.18 Å². The first-order valence-electron chi connectivity index (χ1n) is 6.80. The van der Waals surface area contributed by atoms with E-state index in [4.69, 9.17) is 0 Å². The van der Waals surface area contributed by atoms with Gasteiger partial charge in [-0.3, -0.25) is 9.69 Å². The zero-order valence-electron chi connectivity index (χ0n) is 12.1. The molecule has 1 fully saturated rings. The van der Waals surface area contributed by atoms with Crippen LogP contribution >= 0.6 is 0 Å². The number of carbonyl (C=O) groups is 1. The standard InChI is InChI=1S/C14H16F3N3O2/c1-19-4-6-20(7-5-19)9-11-3-2-10(13(21)18-22)8-12(11)14(15,16)17/h2-3,8H,4-7,9H2,1H3. The second kappa shape index (κ2) is 6.53. The molecule has 0 radical (unpaired) electrons. The monoisotopic (exact) mass is 315 g/mol. The molecule has 0 bridgehead atoms. The van der Waals surface area contributed by atoms with Crippen molar-refractivity contribution in [1.29, 1.82) is 0 Å². The highest BCUT2D eigenvalue weighted by molar-refractivity contribution is 5.95. The molecule has 2 rings (SSSR count). The number of alkyl halides is 3. The molecule has 1 aromatic carbocycles. The number of hydrogen-bond donors (Lipinski definition) is 0. The number of rotatable bonds is 3. The van der Waals surface area contributed by atoms with Crippen molar-refractivity contribution >= 4 is 5.91 Å². The van der Waals surface area contributed by atoms with Crippen molar-refractivity contribution < 1.29 is 18.0 Å². The molecule has 0 spiro atoms. The molecule has 0 N–H and O–H groups in total. The average molecular weight is 315 g/mol. The van der Waals surface area contributed by atoms with E-state index >= 15 is 0 Å². The van der Waals surface area contributed by atoms with Gasteiger partial charge in [0.2, 0.25) is 0 Å². The molecule has 0 aliphatic carbocycles. The van der Waals surface area contributed by atoms with Crippen LogP contribution in [-0.4, -0.2) is 48.9 Å². The van der Waals surface area contributed by atoms with Crippen molar-refractivity contribution in [3.8, 4) is 0 Å². The minimum Gasteiger partial charge on any atom is -0.304 e. The van der Waals surface area contributed by atoms with Gasteiger partial charge < -0.3 is 4.90 Å². The van der Waals surface area contributed by atoms with E-state index in [9.17, 15) is 22.9 Å². The average Bonchev–Trinajstić information content (AvgIpc) is 2.48. The largest absolute Gasteiger partial charge is 0.416 e. The van der Waals surface area contributed by atoms with E-state index in [1.54, 1.807) is 0 Å². The Balaban J connectivity index is 2.26. The molecule has 1 aromatic rings. The van der Waals surface area contributed by atoms with E-state index in [0.717, 1.165) is 13.1 Å². The molecule has 1 aliphatic heterocycles. The van der Waals surface area contributed by atoms with Crippen LogP contribution in [0.2, 0.25) is 0 Å². The SMILES string of the molecule is CN1CCN(Cc2ccc(C(=O)N=O)cc2C(F)(F)F)CC1. The summed E-state index contributed by atoms with van der Waals surface area (Å²) < 4.78 is 39.5. The van der Waals surface area contributed by atoms with Crippen LogP contribution in [0.4, 0.5) is 13.2 Å². The van der Waals surface area contributed by atoms with E-state index in [0.29, 0.717) is 19.2 Å². The Morgan fingerprint density at radius 3 is 2.41 bits per heavy atom. The molecule has 8 heteroatoms. The quantitative estimate of drug-likeness (QED) is 0.804. The van der Waals surface area contributed by atoms with Gasteiger partial charge in [0, 0.05) is 43.5 Å². The second-order valence-corrected chi connectivity index (χ2v) is 5.35. The molecule has 5 nitrogen and oxygen atoms in total. The maximum Gasteiger partial charge on any atom is 0.416 e. The smallest absolute Gasteiger partial charge is 0.304 e. The molecule has 0 unspecified atom stereocenters. The van der Waals surface area contributed by atoms with Gasteiger partial charge in [-0.05, 0) is 24.7 Å². The summed E-state index contributed by atoms with van der Waals surface area (Å²) in [4.78, 5) is 25.4. The predicted octanol–water partition coefficient (Wildman–Crippen LogP) is 2.36. The normalized spacial score (nSPS) is 17.5. The van der Waals surface area contributed by atoms with Crippen molar-refractivity contribution in [3.63, 3.8) is 0 Å². The molecule has 0 saturated carbocycles. The highest BCUT2D eigenvalue weighted by Crippen LogP contribution is 2.33. The number of amides is 1. The van der Waals surface area contributed by atoms with E-state index < -0.39 is 17.6 Å². The lowest BCUT2D eigenvalue weighted by Gasteiger charge is -2.32. The van der Waals surface area contributed by atoms with Crippen LogP contribution in [0.1, 0.15) is 21.5 Å². The third kappa shape index (κ3) is 3.89. The Morgan fingerprint density at radius 2 is 1.86 bits per heavy atom. The first-order chi connectivity index (χ1) is 10.3. The van der Waals surface area contributed by atoms with Gasteiger partial charge in [-0.25, -0.2) is 0 Å². The number of halogens is 3. The fraction of sp³-hybridized carbons (Fsp3) is 0.500. The first kappa shape index (κ1) is 16.6. The highest BCUT2D eigenvalue weighted by Gasteiger charge is 2.34. The second-order valence-electron chi connectivity index (χ2n) is 5.35. The van der Waals surface area contributed by atoms with E-state index in [1.165, 1.54) is 12.1 Å². The lowest BCUT2D eigenvalue weighted by atomic mass is 10.0. The van der Waals surface area contributed by atoms with Crippen molar-refractivity contribution in [1.82, 2.24) is 9.80 Å². The van der Waals surface area contributed by atoms with Gasteiger partial charge in [0.1, 0.15) is 0 Å². The Bertz CT molecular complexity index is 567. The van der Waals surface area contributed by atoms with Gasteiger partial charge in [0.15, 0.2) is 0 Å². The zero-order chi connectivity index (χ0) is 16.3. The van der Waals surface area contributed by atoms with Gasteiger partial charge in [0.25, 0.3) is 0 Å². The molecule has 22 heavy (non-hydrogen) atoms. The van der Waals surface area contributed by atoms with Crippen LogP contribution in [0, 0.1) is 4.91 Å². The third-order valence-corrected chi connectivity index (χ3v) is 3.73. The minimum absolute atomic E-state index is 0.0968. The lowest BCUT2D eigenvalue weighted by molar-refractivity contribution is -0.138. The Hall–Kier alpha value is -1.80. The van der Waals surface area contributed by atoms with Gasteiger partial charge in [-0.15, -0.1) is 4.91 Å². The summed E-state index contributed by atoms with van der Waals surface area (Å²) in [5, 5.41) is 2.16. The minimum atomic E-state index is -4.58. The van der Waals surface area contributed by atoms with Crippen LogP contribution in [0.15, 0.2) is 23.4 Å². The number of nitroso groups, excluding NO2 is 1. The van der Waals surface area contributed by atoms with Crippen LogP contribution in [0.25, 0.3) is 0 Å². The Morgan fingerprint density at radius 1 is 1.23 bits per heavy atom. The van der Waals surface area contributed by atoms with Gasteiger partial charge in [0.05, 0.1) is 5.56 Å². The number of likely N-dealkylation sites (N-methyl/N-ethyl adjacent to an activating group) is 1. The Labute approximate surface area is 125 Å². The van der Waals surface area contributed by atoms with Gasteiger partial charge in [-0.1, -0.05) is 6.07 Å². The summed E-state index contributed by atoms with van der Waals surface area (Å²) in [7, 11) is 1.96. The number of carbonyl (C=O) groups excluding carboxylic acids is 1. The van der Waals surface area contributed by atoms with Crippen molar-refractivity contribution in [3.05, 3.63) is 39.8 Å². The van der Waals surface area contributed by atoms with Gasteiger partial charge in [-0.2, -0.15) is 13.2 Å². The summed E-state index contributed by atoms with van der Waals surface area (Å²) in [5.74, 6) is -1.20. The molecule has 1 saturated heterocycles. The fourth-order valence-electron chi connectivity index (χ4n) is 2.41. The van der Waals surface area contributed by atoms with Crippen LogP contribution in [0.5, 0.6) is 0 Å². The summed E-state index contributed by atoms with van der Waals surface area (Å²) in [5.41, 5.74) is -1.13. The molecule has 1 amide bonds. The predicted molar refractivity (Wildman–Crippen MR) is 74.3 cm³/mol. The molecule has 0 aromatic heterocycles. The number of hydrogen-bond acceptors (Lipinski definition) is 4. The zero-order valence-corrected chi connectivity index (χ0v) is 12.1. The van der Waals surface area contributed by atoms with E-state index in [1.807, 2.05) is 11.9 Å². The number of benzene rings is 1. The van der Waals surface area contributed by atoms with Crippen LogP contribution in [-0.2, 0) is 12.7 Å². The topological polar surface area (TPSA) is 53.0 Å². The first-order valence-corrected chi connectivity index (χ1v) is 6.80. The van der Waals surface area contributed by atoms with E-state index in [2.05, 4.69) is 10.1 Å². The Kier molecular flexibility index (Phi) is 4.92. The summed E-state index contributed by atoms with van der Waals surface area (Å²) in [6, 6.07) is 3.17. The highest BCUT2D eigenvalue weighted by atomic mass is 19.4. The summed E-state index contributed by atoms with van der Waals surface area (Å²) >= 11 is 0. The molecular formula is C14H16F3N3O2. The molecule has 0 atom stereocenters. The van der Waals surface area contributed by atoms with Crippen molar-refractivity contribution in [2.75, 3.05) is 33.2 Å². The molecule has 1 heterocycles. The van der Waals surface area contributed by atoms with E-state index in [-0.39, 0.29) is 17.7 Å². The third-order valence-electron chi connectivity index (χ3n) is 3.73. The summed E-state index contributed by atoms with van der Waals surface area (Å²) in [6.45, 7) is 3.13. The fourth-order valence-corrected chi connectivity index (χ4v) is 2.41. The maximum absolute atomic E-state index is 13.2. The van der Waals surface area contributed by atoms with Crippen LogP contribution < -0.4 is 0 Å².